The predicted molar refractivity (Wildman–Crippen MR) is 77.6 cm³/mol. The van der Waals surface area contributed by atoms with Crippen molar-refractivity contribution in [1.29, 1.82) is 5.26 Å². The molecule has 1 unspecified atom stereocenters. The zero-order valence-corrected chi connectivity index (χ0v) is 11.6. The van der Waals surface area contributed by atoms with Gasteiger partial charge in [-0.3, -0.25) is 4.79 Å². The van der Waals surface area contributed by atoms with Crippen LogP contribution in [-0.4, -0.2) is 33.9 Å². The molecule has 1 amide bonds. The van der Waals surface area contributed by atoms with Crippen molar-refractivity contribution in [1.82, 2.24) is 14.9 Å². The van der Waals surface area contributed by atoms with Crippen LogP contribution in [0.25, 0.3) is 0 Å². The third-order valence-corrected chi connectivity index (χ3v) is 3.89. The minimum atomic E-state index is -0.0663. The van der Waals surface area contributed by atoms with E-state index in [9.17, 15) is 4.79 Å². The SMILES string of the molecule is N#Cc1ccccc1C(=O)N1CCCC(c2ncc[nH]2)C1. The molecule has 21 heavy (non-hydrogen) atoms. The highest BCUT2D eigenvalue weighted by Crippen LogP contribution is 2.25. The van der Waals surface area contributed by atoms with Crippen LogP contribution < -0.4 is 0 Å². The van der Waals surface area contributed by atoms with E-state index in [0.29, 0.717) is 17.7 Å². The Morgan fingerprint density at radius 3 is 3.05 bits per heavy atom. The molecule has 1 saturated heterocycles. The van der Waals surface area contributed by atoms with Crippen molar-refractivity contribution in [2.45, 2.75) is 18.8 Å². The standard InChI is InChI=1S/C16H16N4O/c17-10-12-4-1-2-6-14(12)16(21)20-9-3-5-13(11-20)15-18-7-8-19-15/h1-2,4,6-8,13H,3,5,9,11H2,(H,18,19). The van der Waals surface area contributed by atoms with Gasteiger partial charge in [-0.2, -0.15) is 5.26 Å². The van der Waals surface area contributed by atoms with Gasteiger partial charge in [0.15, 0.2) is 0 Å². The lowest BCUT2D eigenvalue weighted by Crippen LogP contribution is -2.39. The lowest BCUT2D eigenvalue weighted by molar-refractivity contribution is 0.0704. The van der Waals surface area contributed by atoms with E-state index in [2.05, 4.69) is 16.0 Å². The molecule has 5 nitrogen and oxygen atoms in total. The molecule has 1 aliphatic heterocycles. The second-order valence-corrected chi connectivity index (χ2v) is 5.22. The first kappa shape index (κ1) is 13.4. The van der Waals surface area contributed by atoms with E-state index in [-0.39, 0.29) is 11.8 Å². The summed E-state index contributed by atoms with van der Waals surface area (Å²) in [6.07, 6.45) is 5.52. The summed E-state index contributed by atoms with van der Waals surface area (Å²) in [6.45, 7) is 1.38. The Bertz CT molecular complexity index is 672. The fourth-order valence-corrected chi connectivity index (χ4v) is 2.82. The second kappa shape index (κ2) is 5.80. The molecule has 106 valence electrons. The minimum Gasteiger partial charge on any atom is -0.348 e. The fourth-order valence-electron chi connectivity index (χ4n) is 2.82. The molecule has 2 heterocycles. The number of likely N-dealkylation sites (tertiary alicyclic amines) is 1. The maximum atomic E-state index is 12.6. The van der Waals surface area contributed by atoms with Crippen LogP contribution in [0.3, 0.4) is 0 Å². The summed E-state index contributed by atoms with van der Waals surface area (Å²) in [5.74, 6) is 1.11. The van der Waals surface area contributed by atoms with Crippen LogP contribution in [-0.2, 0) is 0 Å². The smallest absolute Gasteiger partial charge is 0.255 e. The molecule has 5 heteroatoms. The first-order valence-corrected chi connectivity index (χ1v) is 7.07. The first-order valence-electron chi connectivity index (χ1n) is 7.07. The van der Waals surface area contributed by atoms with Gasteiger partial charge in [0, 0.05) is 31.4 Å². The summed E-state index contributed by atoms with van der Waals surface area (Å²) < 4.78 is 0. The van der Waals surface area contributed by atoms with Gasteiger partial charge in [0.1, 0.15) is 5.82 Å². The maximum absolute atomic E-state index is 12.6. The van der Waals surface area contributed by atoms with E-state index in [1.807, 2.05) is 4.90 Å². The van der Waals surface area contributed by atoms with Gasteiger partial charge in [0.2, 0.25) is 0 Å². The van der Waals surface area contributed by atoms with Crippen LogP contribution in [0.4, 0.5) is 0 Å². The lowest BCUT2D eigenvalue weighted by atomic mass is 9.96. The van der Waals surface area contributed by atoms with Gasteiger partial charge in [-0.25, -0.2) is 4.98 Å². The Labute approximate surface area is 123 Å². The quantitative estimate of drug-likeness (QED) is 0.917. The molecule has 0 aliphatic carbocycles. The minimum absolute atomic E-state index is 0.0663. The lowest BCUT2D eigenvalue weighted by Gasteiger charge is -2.32. The van der Waals surface area contributed by atoms with Crippen molar-refractivity contribution in [2.75, 3.05) is 13.1 Å². The Morgan fingerprint density at radius 2 is 2.29 bits per heavy atom. The van der Waals surface area contributed by atoms with Crippen LogP contribution >= 0.6 is 0 Å². The summed E-state index contributed by atoms with van der Waals surface area (Å²) in [5, 5.41) is 9.13. The number of carbonyl (C=O) groups is 1. The van der Waals surface area contributed by atoms with E-state index in [0.717, 1.165) is 25.2 Å². The zero-order valence-electron chi connectivity index (χ0n) is 11.6. The summed E-state index contributed by atoms with van der Waals surface area (Å²) in [6, 6.07) is 9.06. The molecule has 0 saturated carbocycles. The molecule has 1 aromatic carbocycles. The molecule has 1 N–H and O–H groups in total. The fraction of sp³-hybridized carbons (Fsp3) is 0.312. The van der Waals surface area contributed by atoms with Gasteiger partial charge in [-0.05, 0) is 25.0 Å². The maximum Gasteiger partial charge on any atom is 0.255 e. The number of nitrogens with zero attached hydrogens (tertiary/aromatic N) is 3. The van der Waals surface area contributed by atoms with Crippen molar-refractivity contribution in [3.8, 4) is 6.07 Å². The van der Waals surface area contributed by atoms with E-state index in [4.69, 9.17) is 5.26 Å². The van der Waals surface area contributed by atoms with E-state index < -0.39 is 0 Å². The molecular formula is C16H16N4O. The van der Waals surface area contributed by atoms with Gasteiger partial charge >= 0.3 is 0 Å². The Morgan fingerprint density at radius 1 is 1.43 bits per heavy atom. The summed E-state index contributed by atoms with van der Waals surface area (Å²) >= 11 is 0. The van der Waals surface area contributed by atoms with Crippen molar-refractivity contribution in [3.05, 3.63) is 53.6 Å². The van der Waals surface area contributed by atoms with Gasteiger partial charge in [-0.15, -0.1) is 0 Å². The second-order valence-electron chi connectivity index (χ2n) is 5.22. The molecule has 1 aromatic heterocycles. The van der Waals surface area contributed by atoms with Crippen LogP contribution in [0.5, 0.6) is 0 Å². The number of nitriles is 1. The summed E-state index contributed by atoms with van der Waals surface area (Å²) in [5.41, 5.74) is 0.919. The van der Waals surface area contributed by atoms with Gasteiger partial charge in [0.05, 0.1) is 17.2 Å². The number of H-pyrrole nitrogens is 1. The molecule has 0 spiro atoms. The van der Waals surface area contributed by atoms with E-state index in [1.165, 1.54) is 0 Å². The van der Waals surface area contributed by atoms with Crippen molar-refractivity contribution < 1.29 is 4.79 Å². The monoisotopic (exact) mass is 280 g/mol. The number of nitrogens with one attached hydrogen (secondary N) is 1. The third-order valence-electron chi connectivity index (χ3n) is 3.89. The highest BCUT2D eigenvalue weighted by atomic mass is 16.2. The highest BCUT2D eigenvalue weighted by molar-refractivity contribution is 5.96. The van der Waals surface area contributed by atoms with E-state index >= 15 is 0 Å². The average Bonchev–Trinajstić information content (AvgIpc) is 3.09. The summed E-state index contributed by atoms with van der Waals surface area (Å²) in [4.78, 5) is 21.9. The number of benzene rings is 1. The number of piperidine rings is 1. The molecule has 1 atom stereocenters. The number of imidazole rings is 1. The number of hydrogen-bond acceptors (Lipinski definition) is 3. The number of hydrogen-bond donors (Lipinski definition) is 1. The molecule has 0 radical (unpaired) electrons. The Balaban J connectivity index is 1.80. The summed E-state index contributed by atoms with van der Waals surface area (Å²) in [7, 11) is 0. The number of amides is 1. The molecule has 0 bridgehead atoms. The highest BCUT2D eigenvalue weighted by Gasteiger charge is 2.27. The van der Waals surface area contributed by atoms with Gasteiger partial charge in [-0.1, -0.05) is 12.1 Å². The first-order chi connectivity index (χ1) is 10.3. The molecule has 1 aliphatic rings. The third kappa shape index (κ3) is 2.65. The van der Waals surface area contributed by atoms with Crippen molar-refractivity contribution in [2.24, 2.45) is 0 Å². The molecule has 1 fully saturated rings. The Kier molecular flexibility index (Phi) is 3.69. The van der Waals surface area contributed by atoms with Crippen molar-refractivity contribution >= 4 is 5.91 Å². The zero-order chi connectivity index (χ0) is 14.7. The predicted octanol–water partition coefficient (Wildman–Crippen LogP) is 2.30. The largest absolute Gasteiger partial charge is 0.348 e. The normalized spacial score (nSPS) is 18.2. The molecule has 3 rings (SSSR count). The van der Waals surface area contributed by atoms with Crippen LogP contribution in [0.2, 0.25) is 0 Å². The molecular weight excluding hydrogens is 264 g/mol. The number of aromatic nitrogens is 2. The van der Waals surface area contributed by atoms with Crippen LogP contribution in [0.15, 0.2) is 36.7 Å². The topological polar surface area (TPSA) is 72.8 Å². The van der Waals surface area contributed by atoms with Crippen LogP contribution in [0.1, 0.15) is 40.5 Å². The van der Waals surface area contributed by atoms with Gasteiger partial charge in [0.25, 0.3) is 5.91 Å². The number of carbonyl (C=O) groups excluding carboxylic acids is 1. The van der Waals surface area contributed by atoms with Crippen LogP contribution in [0, 0.1) is 11.3 Å². The van der Waals surface area contributed by atoms with E-state index in [1.54, 1.807) is 36.7 Å². The number of aromatic amines is 1. The van der Waals surface area contributed by atoms with Crippen molar-refractivity contribution in [3.63, 3.8) is 0 Å². The molecule has 2 aromatic rings. The average molecular weight is 280 g/mol. The van der Waals surface area contributed by atoms with Gasteiger partial charge < -0.3 is 9.88 Å². The Hall–Kier alpha value is -2.61. The number of rotatable bonds is 2.